The highest BCUT2D eigenvalue weighted by Gasteiger charge is 2.17. The molecule has 2 aromatic carbocycles. The topological polar surface area (TPSA) is 75.6 Å². The molecular weight excluding hydrogens is 386 g/mol. The molecule has 0 fully saturated rings. The van der Waals surface area contributed by atoms with Gasteiger partial charge in [0, 0.05) is 4.47 Å². The van der Waals surface area contributed by atoms with Crippen LogP contribution in [0.2, 0.25) is 0 Å². The third-order valence-corrected chi connectivity index (χ3v) is 4.12. The minimum atomic E-state index is -0.749. The molecule has 0 saturated carbocycles. The number of phenols is 1. The van der Waals surface area contributed by atoms with E-state index in [1.807, 2.05) is 37.3 Å². The van der Waals surface area contributed by atoms with Crippen LogP contribution in [0, 0.1) is 0 Å². The van der Waals surface area contributed by atoms with Gasteiger partial charge in [0.05, 0.1) is 6.04 Å². The molecule has 132 valence electrons. The van der Waals surface area contributed by atoms with Gasteiger partial charge in [-0.2, -0.15) is 0 Å². The van der Waals surface area contributed by atoms with E-state index in [1.165, 1.54) is 12.1 Å². The van der Waals surface area contributed by atoms with E-state index >= 15 is 0 Å². The molecule has 25 heavy (non-hydrogen) atoms. The van der Waals surface area contributed by atoms with Crippen molar-refractivity contribution in [2.45, 2.75) is 25.8 Å². The summed E-state index contributed by atoms with van der Waals surface area (Å²) in [7, 11) is 0. The molecule has 0 aliphatic heterocycles. The zero-order chi connectivity index (χ0) is 18.2. The Hall–Kier alpha value is -2.34. The molecular formula is C19H20BrNO4. The van der Waals surface area contributed by atoms with Crippen LogP contribution in [0.4, 0.5) is 0 Å². The summed E-state index contributed by atoms with van der Waals surface area (Å²) in [5, 5.41) is 12.6. The van der Waals surface area contributed by atoms with Crippen LogP contribution in [-0.2, 0) is 9.53 Å². The number of hydrogen-bond donors (Lipinski definition) is 2. The van der Waals surface area contributed by atoms with Crippen LogP contribution in [0.3, 0.4) is 0 Å². The molecule has 1 amide bonds. The van der Waals surface area contributed by atoms with E-state index in [0.717, 1.165) is 18.4 Å². The summed E-state index contributed by atoms with van der Waals surface area (Å²) in [5.41, 5.74) is 1.02. The second-order valence-electron chi connectivity index (χ2n) is 5.56. The van der Waals surface area contributed by atoms with Crippen LogP contribution in [0.5, 0.6) is 5.75 Å². The van der Waals surface area contributed by atoms with Crippen molar-refractivity contribution in [2.75, 3.05) is 6.61 Å². The Morgan fingerprint density at radius 2 is 1.92 bits per heavy atom. The third kappa shape index (κ3) is 5.60. The molecule has 6 heteroatoms. The molecule has 0 radical (unpaired) electrons. The predicted molar refractivity (Wildman–Crippen MR) is 98.3 cm³/mol. The minimum Gasteiger partial charge on any atom is -0.507 e. The van der Waals surface area contributed by atoms with E-state index in [9.17, 15) is 14.7 Å². The molecule has 5 nitrogen and oxygen atoms in total. The summed E-state index contributed by atoms with van der Waals surface area (Å²) in [6.07, 6.45) is 1.70. The molecule has 2 aromatic rings. The van der Waals surface area contributed by atoms with Gasteiger partial charge < -0.3 is 15.2 Å². The average Bonchev–Trinajstić information content (AvgIpc) is 2.62. The molecule has 1 atom stereocenters. The first kappa shape index (κ1) is 19.0. The number of nitrogens with one attached hydrogen (secondary N) is 1. The van der Waals surface area contributed by atoms with Crippen molar-refractivity contribution in [3.05, 3.63) is 64.1 Å². The number of phenolic OH excluding ortho intramolecular Hbond substituents is 1. The van der Waals surface area contributed by atoms with Crippen LogP contribution < -0.4 is 5.32 Å². The molecule has 2 rings (SSSR count). The molecule has 0 aliphatic rings. The summed E-state index contributed by atoms with van der Waals surface area (Å²) in [6.45, 7) is 1.63. The summed E-state index contributed by atoms with van der Waals surface area (Å²) in [6, 6.07) is 14.0. The van der Waals surface area contributed by atoms with Crippen LogP contribution in [0.15, 0.2) is 53.0 Å². The van der Waals surface area contributed by atoms with Crippen molar-refractivity contribution >= 4 is 27.8 Å². The lowest BCUT2D eigenvalue weighted by Crippen LogP contribution is -2.32. The number of rotatable bonds is 7. The molecule has 0 saturated heterocycles. The van der Waals surface area contributed by atoms with Gasteiger partial charge in [-0.05, 0) is 30.2 Å². The van der Waals surface area contributed by atoms with Crippen molar-refractivity contribution in [3.8, 4) is 5.75 Å². The van der Waals surface area contributed by atoms with Crippen molar-refractivity contribution in [1.82, 2.24) is 5.32 Å². The van der Waals surface area contributed by atoms with Gasteiger partial charge in [0.2, 0.25) is 0 Å². The smallest absolute Gasteiger partial charge is 0.342 e. The Kier molecular flexibility index (Phi) is 7.01. The molecule has 0 bridgehead atoms. The summed E-state index contributed by atoms with van der Waals surface area (Å²) in [5.74, 6) is -1.33. The maximum absolute atomic E-state index is 12.1. The zero-order valence-electron chi connectivity index (χ0n) is 13.9. The van der Waals surface area contributed by atoms with Gasteiger partial charge in [-0.25, -0.2) is 4.79 Å². The maximum Gasteiger partial charge on any atom is 0.342 e. The average molecular weight is 406 g/mol. The van der Waals surface area contributed by atoms with Gasteiger partial charge in [-0.3, -0.25) is 4.79 Å². The second-order valence-corrected chi connectivity index (χ2v) is 6.47. The highest BCUT2D eigenvalue weighted by atomic mass is 79.9. The van der Waals surface area contributed by atoms with Gasteiger partial charge >= 0.3 is 5.97 Å². The number of ether oxygens (including phenoxy) is 1. The Labute approximate surface area is 155 Å². The lowest BCUT2D eigenvalue weighted by Gasteiger charge is -2.18. The monoisotopic (exact) mass is 405 g/mol. The minimum absolute atomic E-state index is 0.00958. The number of hydrogen-bond acceptors (Lipinski definition) is 4. The molecule has 0 heterocycles. The Morgan fingerprint density at radius 3 is 2.60 bits per heavy atom. The van der Waals surface area contributed by atoms with Crippen molar-refractivity contribution in [1.29, 1.82) is 0 Å². The van der Waals surface area contributed by atoms with E-state index in [2.05, 4.69) is 21.2 Å². The van der Waals surface area contributed by atoms with Gasteiger partial charge in [0.1, 0.15) is 11.3 Å². The van der Waals surface area contributed by atoms with E-state index in [4.69, 9.17) is 4.74 Å². The van der Waals surface area contributed by atoms with Gasteiger partial charge in [0.15, 0.2) is 6.61 Å². The predicted octanol–water partition coefficient (Wildman–Crippen LogP) is 3.97. The zero-order valence-corrected chi connectivity index (χ0v) is 15.5. The molecule has 0 aliphatic carbocycles. The number of aromatic hydroxyl groups is 1. The van der Waals surface area contributed by atoms with Crippen molar-refractivity contribution in [2.24, 2.45) is 0 Å². The van der Waals surface area contributed by atoms with E-state index in [1.54, 1.807) is 6.07 Å². The highest BCUT2D eigenvalue weighted by Crippen LogP contribution is 2.22. The SMILES string of the molecule is CCC[C@@H](NC(=O)COC(=O)c1cc(Br)ccc1O)c1ccccc1. The van der Waals surface area contributed by atoms with Gasteiger partial charge in [-0.1, -0.05) is 59.6 Å². The van der Waals surface area contributed by atoms with Crippen LogP contribution in [0.25, 0.3) is 0 Å². The lowest BCUT2D eigenvalue weighted by molar-refractivity contribution is -0.125. The fourth-order valence-corrected chi connectivity index (χ4v) is 2.77. The maximum atomic E-state index is 12.1. The normalized spacial score (nSPS) is 11.6. The standard InChI is InChI=1S/C19H20BrNO4/c1-2-6-16(13-7-4-3-5-8-13)21-18(23)12-25-19(24)15-11-14(20)9-10-17(15)22/h3-5,7-11,16,22H,2,6,12H2,1H3,(H,21,23)/t16-/m1/s1. The Morgan fingerprint density at radius 1 is 1.20 bits per heavy atom. The van der Waals surface area contributed by atoms with E-state index in [0.29, 0.717) is 4.47 Å². The highest BCUT2D eigenvalue weighted by molar-refractivity contribution is 9.10. The Balaban J connectivity index is 1.94. The summed E-state index contributed by atoms with van der Waals surface area (Å²) < 4.78 is 5.64. The third-order valence-electron chi connectivity index (χ3n) is 3.63. The molecule has 0 aromatic heterocycles. The van der Waals surface area contributed by atoms with Gasteiger partial charge in [-0.15, -0.1) is 0 Å². The summed E-state index contributed by atoms with van der Waals surface area (Å²) >= 11 is 3.22. The second kappa shape index (κ2) is 9.22. The molecule has 0 unspecified atom stereocenters. The number of esters is 1. The first-order valence-corrected chi connectivity index (χ1v) is 8.80. The first-order chi connectivity index (χ1) is 12.0. The number of carbonyl (C=O) groups is 2. The fraction of sp³-hybridized carbons (Fsp3) is 0.263. The quantitative estimate of drug-likeness (QED) is 0.683. The Bertz CT molecular complexity index is 733. The van der Waals surface area contributed by atoms with Crippen molar-refractivity contribution < 1.29 is 19.4 Å². The molecule has 0 spiro atoms. The number of benzene rings is 2. The van der Waals surface area contributed by atoms with E-state index < -0.39 is 12.6 Å². The van der Waals surface area contributed by atoms with Crippen LogP contribution >= 0.6 is 15.9 Å². The first-order valence-electron chi connectivity index (χ1n) is 8.01. The van der Waals surface area contributed by atoms with Crippen LogP contribution in [-0.4, -0.2) is 23.6 Å². The number of halogens is 1. The molecule has 2 N–H and O–H groups in total. The van der Waals surface area contributed by atoms with Crippen molar-refractivity contribution in [3.63, 3.8) is 0 Å². The van der Waals surface area contributed by atoms with Gasteiger partial charge in [0.25, 0.3) is 5.91 Å². The largest absolute Gasteiger partial charge is 0.507 e. The fourth-order valence-electron chi connectivity index (χ4n) is 2.41. The number of carbonyl (C=O) groups excluding carboxylic acids is 2. The van der Waals surface area contributed by atoms with Crippen LogP contribution in [0.1, 0.15) is 41.7 Å². The number of amides is 1. The van der Waals surface area contributed by atoms with E-state index in [-0.39, 0.29) is 23.3 Å². The lowest BCUT2D eigenvalue weighted by atomic mass is 10.0. The summed E-state index contributed by atoms with van der Waals surface area (Å²) in [4.78, 5) is 24.1.